The normalized spacial score (nSPS) is 14.5. The average Bonchev–Trinajstić information content (AvgIpc) is 3.29. The van der Waals surface area contributed by atoms with E-state index in [1.54, 1.807) is 6.07 Å². The van der Waals surface area contributed by atoms with Crippen LogP contribution in [0.2, 0.25) is 5.02 Å². The number of H-pyrrole nitrogens is 1. The predicted molar refractivity (Wildman–Crippen MR) is 111 cm³/mol. The summed E-state index contributed by atoms with van der Waals surface area (Å²) in [4.78, 5) is 7.09. The van der Waals surface area contributed by atoms with Gasteiger partial charge in [0.1, 0.15) is 11.6 Å². The van der Waals surface area contributed by atoms with Gasteiger partial charge in [-0.2, -0.15) is 0 Å². The Bertz CT molecular complexity index is 1160. The van der Waals surface area contributed by atoms with Gasteiger partial charge in [0.05, 0.1) is 16.1 Å². The summed E-state index contributed by atoms with van der Waals surface area (Å²) in [7, 11) is 0. The Balaban J connectivity index is 1.90. The third kappa shape index (κ3) is 3.21. The fraction of sp³-hybridized carbons (Fsp3) is 0.238. The monoisotopic (exact) mass is 408 g/mol. The van der Waals surface area contributed by atoms with Crippen LogP contribution in [0.4, 0.5) is 10.2 Å². The number of hydrogen-bond acceptors (Lipinski definition) is 5. The summed E-state index contributed by atoms with van der Waals surface area (Å²) in [5.41, 5.74) is 3.21. The van der Waals surface area contributed by atoms with Gasteiger partial charge in [-0.25, -0.2) is 14.5 Å². The highest BCUT2D eigenvalue weighted by atomic mass is 35.5. The number of aromatic nitrogens is 5. The van der Waals surface area contributed by atoms with E-state index in [0.717, 1.165) is 53.8 Å². The smallest absolute Gasteiger partial charge is 0.183 e. The zero-order chi connectivity index (χ0) is 19.8. The van der Waals surface area contributed by atoms with Crippen molar-refractivity contribution in [2.75, 3.05) is 18.0 Å². The number of benzene rings is 2. The summed E-state index contributed by atoms with van der Waals surface area (Å²) in [5, 5.41) is 15.4. The minimum Gasteiger partial charge on any atom is -0.356 e. The van der Waals surface area contributed by atoms with Gasteiger partial charge in [-0.15, -0.1) is 5.10 Å². The van der Waals surface area contributed by atoms with Crippen molar-refractivity contribution >= 4 is 28.3 Å². The van der Waals surface area contributed by atoms with Crippen LogP contribution in [0.15, 0.2) is 42.5 Å². The van der Waals surface area contributed by atoms with Crippen LogP contribution in [-0.4, -0.2) is 38.7 Å². The van der Waals surface area contributed by atoms with E-state index < -0.39 is 5.82 Å². The quantitative estimate of drug-likeness (QED) is 0.524. The molecule has 1 aliphatic heterocycles. The maximum absolute atomic E-state index is 14.3. The van der Waals surface area contributed by atoms with E-state index >= 15 is 0 Å². The number of nitrogens with zero attached hydrogens (tertiary/aromatic N) is 5. The molecule has 2 aromatic heterocycles. The second-order valence-corrected chi connectivity index (χ2v) is 7.54. The Hall–Kier alpha value is -3.06. The molecule has 29 heavy (non-hydrogen) atoms. The van der Waals surface area contributed by atoms with Crippen LogP contribution in [0.5, 0.6) is 0 Å². The lowest BCUT2D eigenvalue weighted by Gasteiger charge is -2.30. The molecule has 0 radical (unpaired) electrons. The van der Waals surface area contributed by atoms with Gasteiger partial charge in [0.25, 0.3) is 0 Å². The molecule has 8 heteroatoms. The first-order chi connectivity index (χ1) is 14.2. The zero-order valence-electron chi connectivity index (χ0n) is 15.6. The Kier molecular flexibility index (Phi) is 4.60. The van der Waals surface area contributed by atoms with Gasteiger partial charge in [-0.05, 0) is 41.3 Å². The van der Waals surface area contributed by atoms with E-state index in [-0.39, 0.29) is 5.02 Å². The number of fused-ring (bicyclic) bond motifs is 1. The van der Waals surface area contributed by atoms with Crippen molar-refractivity contribution in [1.29, 1.82) is 0 Å². The van der Waals surface area contributed by atoms with Crippen molar-refractivity contribution in [2.45, 2.75) is 19.3 Å². The van der Waals surface area contributed by atoms with Crippen LogP contribution in [0.25, 0.3) is 33.4 Å². The molecule has 0 aliphatic carbocycles. The lowest BCUT2D eigenvalue weighted by molar-refractivity contribution is 0.574. The number of pyridine rings is 1. The standard InChI is InChI=1S/C21H18ClFN6/c22-15-11-14-17(12-16(15)23)24-21(29-9-5-2-6-10-29)19(20-25-27-28-26-20)18(14)13-7-3-1-4-8-13/h1,3-4,7-8,11-12H,2,5-6,9-10H2,(H,25,26,27,28). The van der Waals surface area contributed by atoms with Crippen molar-refractivity contribution < 1.29 is 4.39 Å². The SMILES string of the molecule is Fc1cc2nc(N3CCCCC3)c(-c3nnn[nH]3)c(-c3ccccc3)c2cc1Cl. The predicted octanol–water partition coefficient (Wildman–Crippen LogP) is 4.86. The molecule has 5 rings (SSSR count). The minimum atomic E-state index is -0.482. The molecule has 2 aromatic carbocycles. The molecule has 6 nitrogen and oxygen atoms in total. The number of anilines is 1. The topological polar surface area (TPSA) is 70.6 Å². The first-order valence-electron chi connectivity index (χ1n) is 9.59. The third-order valence-corrected chi connectivity index (χ3v) is 5.60. The molecule has 0 atom stereocenters. The zero-order valence-corrected chi connectivity index (χ0v) is 16.3. The summed E-state index contributed by atoms with van der Waals surface area (Å²) < 4.78 is 14.3. The van der Waals surface area contributed by atoms with Crippen LogP contribution < -0.4 is 4.90 Å². The molecule has 3 heterocycles. The summed E-state index contributed by atoms with van der Waals surface area (Å²) in [6, 6.07) is 13.0. The largest absolute Gasteiger partial charge is 0.356 e. The van der Waals surface area contributed by atoms with E-state index in [1.807, 2.05) is 30.3 Å². The Labute approximate surface area is 171 Å². The number of rotatable bonds is 3. The first-order valence-corrected chi connectivity index (χ1v) is 9.97. The van der Waals surface area contributed by atoms with Crippen LogP contribution >= 0.6 is 11.6 Å². The van der Waals surface area contributed by atoms with Gasteiger partial charge in [0.15, 0.2) is 5.82 Å². The lowest BCUT2D eigenvalue weighted by Crippen LogP contribution is -2.31. The van der Waals surface area contributed by atoms with E-state index in [4.69, 9.17) is 16.6 Å². The molecule has 1 saturated heterocycles. The maximum atomic E-state index is 14.3. The Morgan fingerprint density at radius 3 is 2.52 bits per heavy atom. The molecular formula is C21H18ClFN6. The summed E-state index contributed by atoms with van der Waals surface area (Å²) in [5.74, 6) is 0.806. The summed E-state index contributed by atoms with van der Waals surface area (Å²) >= 11 is 6.15. The van der Waals surface area contributed by atoms with Gasteiger partial charge in [-0.3, -0.25) is 0 Å². The lowest BCUT2D eigenvalue weighted by atomic mass is 9.94. The molecule has 1 fully saturated rings. The number of tetrazole rings is 1. The third-order valence-electron chi connectivity index (χ3n) is 5.31. The Morgan fingerprint density at radius 2 is 1.79 bits per heavy atom. The highest BCUT2D eigenvalue weighted by Crippen LogP contribution is 2.43. The van der Waals surface area contributed by atoms with Crippen LogP contribution in [-0.2, 0) is 0 Å². The number of halogens is 2. The molecule has 0 bridgehead atoms. The number of nitrogens with one attached hydrogen (secondary N) is 1. The number of piperidine rings is 1. The van der Waals surface area contributed by atoms with Crippen LogP contribution in [0.3, 0.4) is 0 Å². The second-order valence-electron chi connectivity index (χ2n) is 7.13. The second kappa shape index (κ2) is 7.40. The molecule has 0 amide bonds. The van der Waals surface area contributed by atoms with E-state index in [1.165, 1.54) is 12.5 Å². The van der Waals surface area contributed by atoms with Gasteiger partial charge in [0, 0.05) is 30.1 Å². The summed E-state index contributed by atoms with van der Waals surface area (Å²) in [6.07, 6.45) is 3.37. The van der Waals surface area contributed by atoms with Crippen LogP contribution in [0, 0.1) is 5.82 Å². The molecule has 1 aliphatic rings. The highest BCUT2D eigenvalue weighted by Gasteiger charge is 2.25. The van der Waals surface area contributed by atoms with Crippen LogP contribution in [0.1, 0.15) is 19.3 Å². The number of aromatic amines is 1. The maximum Gasteiger partial charge on any atom is 0.183 e. The van der Waals surface area contributed by atoms with E-state index in [2.05, 4.69) is 25.5 Å². The van der Waals surface area contributed by atoms with Crippen molar-refractivity contribution in [2.24, 2.45) is 0 Å². The number of hydrogen-bond donors (Lipinski definition) is 1. The molecule has 0 spiro atoms. The fourth-order valence-electron chi connectivity index (χ4n) is 3.97. The van der Waals surface area contributed by atoms with E-state index in [0.29, 0.717) is 11.3 Å². The first kappa shape index (κ1) is 18.0. The molecular weight excluding hydrogens is 391 g/mol. The minimum absolute atomic E-state index is 0.0591. The molecule has 0 unspecified atom stereocenters. The molecule has 0 saturated carbocycles. The molecule has 1 N–H and O–H groups in total. The van der Waals surface area contributed by atoms with Gasteiger partial charge < -0.3 is 4.90 Å². The summed E-state index contributed by atoms with van der Waals surface area (Å²) in [6.45, 7) is 1.77. The van der Waals surface area contributed by atoms with Gasteiger partial charge >= 0.3 is 0 Å². The van der Waals surface area contributed by atoms with Crippen molar-refractivity contribution in [3.05, 3.63) is 53.3 Å². The molecule has 146 valence electrons. The fourth-order valence-corrected chi connectivity index (χ4v) is 4.14. The average molecular weight is 409 g/mol. The highest BCUT2D eigenvalue weighted by molar-refractivity contribution is 6.31. The van der Waals surface area contributed by atoms with Gasteiger partial charge in [0.2, 0.25) is 0 Å². The Morgan fingerprint density at radius 1 is 1.00 bits per heavy atom. The van der Waals surface area contributed by atoms with Gasteiger partial charge in [-0.1, -0.05) is 41.9 Å². The van der Waals surface area contributed by atoms with Crippen molar-refractivity contribution in [1.82, 2.24) is 25.6 Å². The van der Waals surface area contributed by atoms with E-state index in [9.17, 15) is 4.39 Å². The van der Waals surface area contributed by atoms with Crippen molar-refractivity contribution in [3.63, 3.8) is 0 Å². The van der Waals surface area contributed by atoms with Crippen molar-refractivity contribution in [3.8, 4) is 22.5 Å². The molecule has 4 aromatic rings.